The zero-order chi connectivity index (χ0) is 13.5. The largest absolute Gasteiger partial charge is 0.380 e. The van der Waals surface area contributed by atoms with E-state index in [0.717, 1.165) is 52.5 Å². The zero-order valence-electron chi connectivity index (χ0n) is 11.8. The molecule has 0 aliphatic carbocycles. The number of amides is 1. The molecular weight excluding hydrogens is 246 g/mol. The molecule has 2 heterocycles. The van der Waals surface area contributed by atoms with Crippen LogP contribution in [0.25, 0.3) is 0 Å². The van der Waals surface area contributed by atoms with E-state index in [1.807, 2.05) is 11.8 Å². The number of hydrogen-bond acceptors (Lipinski definition) is 5. The van der Waals surface area contributed by atoms with E-state index >= 15 is 0 Å². The summed E-state index contributed by atoms with van der Waals surface area (Å²) in [6.45, 7) is 9.99. The Morgan fingerprint density at radius 1 is 1.37 bits per heavy atom. The number of nitrogens with one attached hydrogen (secondary N) is 1. The number of carbonyl (C=O) groups is 1. The second-order valence-electron chi connectivity index (χ2n) is 4.95. The summed E-state index contributed by atoms with van der Waals surface area (Å²) < 4.78 is 10.7. The average Bonchev–Trinajstić information content (AvgIpc) is 2.48. The number of morpholine rings is 1. The van der Waals surface area contributed by atoms with Gasteiger partial charge in [-0.25, -0.2) is 0 Å². The Balaban J connectivity index is 1.68. The van der Waals surface area contributed by atoms with E-state index in [4.69, 9.17) is 9.47 Å². The Hall–Kier alpha value is -0.690. The highest BCUT2D eigenvalue weighted by Gasteiger charge is 2.28. The number of nitrogens with zero attached hydrogens (tertiary/aromatic N) is 2. The molecule has 110 valence electrons. The molecule has 1 atom stereocenters. The summed E-state index contributed by atoms with van der Waals surface area (Å²) in [4.78, 5) is 16.6. The van der Waals surface area contributed by atoms with E-state index in [9.17, 15) is 4.79 Å². The predicted molar refractivity (Wildman–Crippen MR) is 72.1 cm³/mol. The van der Waals surface area contributed by atoms with E-state index in [2.05, 4.69) is 10.2 Å². The van der Waals surface area contributed by atoms with Gasteiger partial charge in [0.15, 0.2) is 0 Å². The summed E-state index contributed by atoms with van der Waals surface area (Å²) in [5.41, 5.74) is 0. The van der Waals surface area contributed by atoms with Crippen molar-refractivity contribution < 1.29 is 14.3 Å². The summed E-state index contributed by atoms with van der Waals surface area (Å²) in [6, 6.07) is -0.149. The summed E-state index contributed by atoms with van der Waals surface area (Å²) >= 11 is 0. The van der Waals surface area contributed by atoms with Crippen molar-refractivity contribution in [3.8, 4) is 0 Å². The van der Waals surface area contributed by atoms with Gasteiger partial charge in [-0.1, -0.05) is 0 Å². The molecule has 1 amide bonds. The first-order chi connectivity index (χ1) is 9.31. The molecule has 0 spiro atoms. The van der Waals surface area contributed by atoms with Gasteiger partial charge in [-0.2, -0.15) is 0 Å². The van der Waals surface area contributed by atoms with E-state index in [1.54, 1.807) is 0 Å². The Bertz CT molecular complexity index is 274. The molecule has 6 heteroatoms. The minimum Gasteiger partial charge on any atom is -0.380 e. The topological polar surface area (TPSA) is 54.0 Å². The van der Waals surface area contributed by atoms with Crippen molar-refractivity contribution in [2.24, 2.45) is 0 Å². The second kappa shape index (κ2) is 7.79. The van der Waals surface area contributed by atoms with Gasteiger partial charge in [-0.3, -0.25) is 9.69 Å². The standard InChI is InChI=1S/C13H25N3O3/c1-2-18-10-8-15-4-6-16(7-5-15)13(17)12-11-19-9-3-14-12/h12,14H,2-11H2,1H3. The van der Waals surface area contributed by atoms with Crippen LogP contribution in [-0.2, 0) is 14.3 Å². The van der Waals surface area contributed by atoms with Crippen molar-refractivity contribution >= 4 is 5.91 Å². The summed E-state index contributed by atoms with van der Waals surface area (Å²) in [5, 5.41) is 3.22. The highest BCUT2D eigenvalue weighted by atomic mass is 16.5. The van der Waals surface area contributed by atoms with E-state index in [-0.39, 0.29) is 11.9 Å². The molecule has 0 radical (unpaired) electrons. The minimum absolute atomic E-state index is 0.149. The Labute approximate surface area is 115 Å². The van der Waals surface area contributed by atoms with Crippen LogP contribution in [0.4, 0.5) is 0 Å². The minimum atomic E-state index is -0.149. The third-order valence-electron chi connectivity index (χ3n) is 3.66. The van der Waals surface area contributed by atoms with E-state index in [0.29, 0.717) is 13.2 Å². The van der Waals surface area contributed by atoms with Gasteiger partial charge in [0.1, 0.15) is 6.04 Å². The Morgan fingerprint density at radius 3 is 2.79 bits per heavy atom. The fourth-order valence-electron chi connectivity index (χ4n) is 2.47. The number of piperazine rings is 1. The lowest BCUT2D eigenvalue weighted by molar-refractivity contribution is -0.138. The molecular formula is C13H25N3O3. The van der Waals surface area contributed by atoms with Crippen LogP contribution in [-0.4, -0.2) is 87.4 Å². The Kier molecular flexibility index (Phi) is 6.03. The van der Waals surface area contributed by atoms with Crippen molar-refractivity contribution in [2.75, 3.05) is 65.7 Å². The Morgan fingerprint density at radius 2 is 2.16 bits per heavy atom. The maximum absolute atomic E-state index is 12.3. The van der Waals surface area contributed by atoms with Gasteiger partial charge in [-0.05, 0) is 6.92 Å². The molecule has 0 aromatic heterocycles. The van der Waals surface area contributed by atoms with Gasteiger partial charge in [0.2, 0.25) is 5.91 Å². The first kappa shape index (κ1) is 14.7. The van der Waals surface area contributed by atoms with Crippen molar-refractivity contribution in [1.82, 2.24) is 15.1 Å². The lowest BCUT2D eigenvalue weighted by Gasteiger charge is -2.37. The summed E-state index contributed by atoms with van der Waals surface area (Å²) in [7, 11) is 0. The molecule has 2 aliphatic heterocycles. The van der Waals surface area contributed by atoms with Gasteiger partial charge in [0.25, 0.3) is 0 Å². The van der Waals surface area contributed by atoms with Gasteiger partial charge < -0.3 is 19.7 Å². The molecule has 2 rings (SSSR count). The van der Waals surface area contributed by atoms with E-state index < -0.39 is 0 Å². The van der Waals surface area contributed by atoms with Crippen LogP contribution in [0, 0.1) is 0 Å². The van der Waals surface area contributed by atoms with Gasteiger partial charge in [0, 0.05) is 45.9 Å². The smallest absolute Gasteiger partial charge is 0.242 e. The van der Waals surface area contributed by atoms with Gasteiger partial charge in [0.05, 0.1) is 19.8 Å². The summed E-state index contributed by atoms with van der Waals surface area (Å²) in [5.74, 6) is 0.184. The highest BCUT2D eigenvalue weighted by molar-refractivity contribution is 5.82. The van der Waals surface area contributed by atoms with Crippen LogP contribution >= 0.6 is 0 Å². The predicted octanol–water partition coefficient (Wildman–Crippen LogP) is -0.844. The molecule has 0 bridgehead atoms. The van der Waals surface area contributed by atoms with Crippen LogP contribution in [0.2, 0.25) is 0 Å². The third kappa shape index (κ3) is 4.42. The number of hydrogen-bond donors (Lipinski definition) is 1. The lowest BCUT2D eigenvalue weighted by Crippen LogP contribution is -2.57. The molecule has 19 heavy (non-hydrogen) atoms. The normalized spacial score (nSPS) is 25.5. The number of rotatable bonds is 5. The van der Waals surface area contributed by atoms with Crippen molar-refractivity contribution in [3.05, 3.63) is 0 Å². The zero-order valence-corrected chi connectivity index (χ0v) is 11.8. The maximum atomic E-state index is 12.3. The SMILES string of the molecule is CCOCCN1CCN(C(=O)C2COCCN2)CC1. The lowest BCUT2D eigenvalue weighted by atomic mass is 10.2. The van der Waals surface area contributed by atoms with Crippen molar-refractivity contribution in [2.45, 2.75) is 13.0 Å². The van der Waals surface area contributed by atoms with Gasteiger partial charge in [-0.15, -0.1) is 0 Å². The first-order valence-electron chi connectivity index (χ1n) is 7.21. The van der Waals surface area contributed by atoms with Crippen LogP contribution in [0.5, 0.6) is 0 Å². The summed E-state index contributed by atoms with van der Waals surface area (Å²) in [6.07, 6.45) is 0. The van der Waals surface area contributed by atoms with E-state index in [1.165, 1.54) is 0 Å². The highest BCUT2D eigenvalue weighted by Crippen LogP contribution is 2.06. The first-order valence-corrected chi connectivity index (χ1v) is 7.21. The number of carbonyl (C=O) groups excluding carboxylic acids is 1. The van der Waals surface area contributed by atoms with Crippen molar-refractivity contribution in [1.29, 1.82) is 0 Å². The third-order valence-corrected chi connectivity index (χ3v) is 3.66. The van der Waals surface area contributed by atoms with Gasteiger partial charge >= 0.3 is 0 Å². The van der Waals surface area contributed by atoms with Crippen LogP contribution in [0.3, 0.4) is 0 Å². The molecule has 6 nitrogen and oxygen atoms in total. The molecule has 2 fully saturated rings. The van der Waals surface area contributed by atoms with Crippen LogP contribution < -0.4 is 5.32 Å². The molecule has 0 aromatic carbocycles. The quantitative estimate of drug-likeness (QED) is 0.661. The van der Waals surface area contributed by atoms with Crippen molar-refractivity contribution in [3.63, 3.8) is 0 Å². The molecule has 2 aliphatic rings. The fourth-order valence-corrected chi connectivity index (χ4v) is 2.47. The monoisotopic (exact) mass is 271 g/mol. The molecule has 1 N–H and O–H groups in total. The fraction of sp³-hybridized carbons (Fsp3) is 0.923. The number of ether oxygens (including phenoxy) is 2. The van der Waals surface area contributed by atoms with Crippen LogP contribution in [0.15, 0.2) is 0 Å². The second-order valence-corrected chi connectivity index (χ2v) is 4.95. The average molecular weight is 271 g/mol. The molecule has 1 unspecified atom stereocenters. The van der Waals surface area contributed by atoms with Crippen LogP contribution in [0.1, 0.15) is 6.92 Å². The molecule has 2 saturated heterocycles. The molecule has 0 aromatic rings. The molecule has 0 saturated carbocycles. The maximum Gasteiger partial charge on any atom is 0.242 e.